The molecule has 0 aliphatic rings. The Kier molecular flexibility index (Phi) is 0.727. The fourth-order valence-electron chi connectivity index (χ4n) is 0.344. The van der Waals surface area contributed by atoms with Gasteiger partial charge >= 0.3 is 0 Å². The summed E-state index contributed by atoms with van der Waals surface area (Å²) in [6.45, 7) is 1.34. The summed E-state index contributed by atoms with van der Waals surface area (Å²) >= 11 is 0.891. The first-order valence-corrected chi connectivity index (χ1v) is 2.93. The van der Waals surface area contributed by atoms with E-state index in [-0.39, 0.29) is 28.1 Å². The summed E-state index contributed by atoms with van der Waals surface area (Å²) in [6.07, 6.45) is 0. The highest BCUT2D eigenvalue weighted by atomic mass is 32.1. The third-order valence-electron chi connectivity index (χ3n) is 0.700. The van der Waals surface area contributed by atoms with Crippen molar-refractivity contribution in [2.24, 2.45) is 0 Å². The maximum absolute atomic E-state index is 10.8. The Morgan fingerprint density at radius 1 is 2.00 bits per heavy atom. The van der Waals surface area contributed by atoms with Crippen LogP contribution < -0.4 is 0 Å². The summed E-state index contributed by atoms with van der Waals surface area (Å²) in [5.74, 6) is -0.244. The number of rotatable bonds is 1. The number of carbonyl (C=O) groups is 1. The Morgan fingerprint density at radius 3 is 3.00 bits per heavy atom. The minimum Gasteiger partial charge on any atom is -0.294 e. The first kappa shape index (κ1) is 2.78. The highest BCUT2D eigenvalue weighted by Crippen LogP contribution is 2.07. The van der Waals surface area contributed by atoms with Gasteiger partial charge in [-0.2, -0.15) is 0 Å². The van der Waals surface area contributed by atoms with Crippen LogP contribution in [0.1, 0.15) is 20.7 Å². The van der Waals surface area contributed by atoms with Gasteiger partial charge in [-0.15, -0.1) is 11.3 Å². The minimum absolute atomic E-state index is 0.0137. The van der Waals surface area contributed by atoms with Crippen LogP contribution in [0.2, 0.25) is 0 Å². The molecule has 1 aromatic rings. The third-order valence-corrected chi connectivity index (χ3v) is 1.50. The van der Waals surface area contributed by atoms with Gasteiger partial charge in [0.25, 0.3) is 0 Å². The van der Waals surface area contributed by atoms with E-state index < -0.39 is 0 Å². The smallest absolute Gasteiger partial charge is 0.169 e. The second-order valence-electron chi connectivity index (χ2n) is 1.34. The summed E-state index contributed by atoms with van der Waals surface area (Å²) in [6, 6.07) is -0.271. The first-order chi connectivity index (χ1) is 5.04. The molecule has 0 spiro atoms. The molecular formula is C6H6OS. The van der Waals surface area contributed by atoms with Crippen molar-refractivity contribution in [3.8, 4) is 0 Å². The number of hydrogen-bond donors (Lipinski definition) is 0. The van der Waals surface area contributed by atoms with Crippen LogP contribution in [-0.4, -0.2) is 5.78 Å². The fraction of sp³-hybridized carbons (Fsp3) is 0.167. The second kappa shape index (κ2) is 2.09. The van der Waals surface area contributed by atoms with E-state index in [2.05, 4.69) is 0 Å². The Bertz CT molecular complexity index is 305. The molecule has 0 bridgehead atoms. The van der Waals surface area contributed by atoms with Crippen LogP contribution >= 0.6 is 11.3 Å². The fourth-order valence-corrected chi connectivity index (χ4v) is 0.794. The average Bonchev–Trinajstić information content (AvgIpc) is 2.17. The zero-order valence-corrected chi connectivity index (χ0v) is 5.13. The predicted octanol–water partition coefficient (Wildman–Crippen LogP) is 1.95. The van der Waals surface area contributed by atoms with Gasteiger partial charge in [0.05, 0.1) is 8.99 Å². The molecule has 0 radical (unpaired) electrons. The van der Waals surface area contributed by atoms with Crippen LogP contribution in [0.4, 0.5) is 0 Å². The molecule has 0 aliphatic heterocycles. The Hall–Kier alpha value is -0.630. The number of hydrogen-bond acceptors (Lipinski definition) is 2. The highest BCUT2D eigenvalue weighted by molar-refractivity contribution is 7.12. The van der Waals surface area contributed by atoms with Gasteiger partial charge in [-0.05, 0) is 18.3 Å². The van der Waals surface area contributed by atoms with Gasteiger partial charge in [-0.1, -0.05) is 6.04 Å². The van der Waals surface area contributed by atoms with Gasteiger partial charge in [-0.25, -0.2) is 0 Å². The molecule has 0 atom stereocenters. The van der Waals surface area contributed by atoms with E-state index in [4.69, 9.17) is 4.11 Å². The van der Waals surface area contributed by atoms with E-state index in [1.54, 1.807) is 0 Å². The molecule has 1 nitrogen and oxygen atoms in total. The maximum atomic E-state index is 10.8. The van der Waals surface area contributed by atoms with Gasteiger partial charge in [0, 0.05) is 0 Å². The zero-order valence-electron chi connectivity index (χ0n) is 7.32. The molecule has 0 saturated carbocycles. The average molecular weight is 129 g/mol. The standard InChI is InChI=1S/C6H6OS/c1-5(7)6-3-2-4-8-6/h2-4H,1H3/i2D,3D,4D. The van der Waals surface area contributed by atoms with Gasteiger partial charge in [0.15, 0.2) is 5.78 Å². The first-order valence-electron chi connectivity index (χ1n) is 3.61. The molecule has 0 saturated heterocycles. The predicted molar refractivity (Wildman–Crippen MR) is 34.3 cm³/mol. The molecule has 1 aromatic heterocycles. The topological polar surface area (TPSA) is 17.1 Å². The molecule has 1 heterocycles. The van der Waals surface area contributed by atoms with E-state index in [9.17, 15) is 4.79 Å². The van der Waals surface area contributed by atoms with Gasteiger partial charge in [-0.3, -0.25) is 4.79 Å². The molecule has 0 N–H and O–H groups in total. The maximum Gasteiger partial charge on any atom is 0.169 e. The van der Waals surface area contributed by atoms with Crippen molar-refractivity contribution in [1.82, 2.24) is 0 Å². The van der Waals surface area contributed by atoms with Gasteiger partial charge < -0.3 is 0 Å². The van der Waals surface area contributed by atoms with Crippen LogP contribution in [-0.2, 0) is 0 Å². The quantitative estimate of drug-likeness (QED) is 0.530. The van der Waals surface area contributed by atoms with E-state index >= 15 is 0 Å². The van der Waals surface area contributed by atoms with Crippen molar-refractivity contribution in [3.05, 3.63) is 22.3 Å². The van der Waals surface area contributed by atoms with Crippen molar-refractivity contribution in [3.63, 3.8) is 0 Å². The zero-order chi connectivity index (χ0) is 8.59. The molecule has 0 fully saturated rings. The van der Waals surface area contributed by atoms with Crippen LogP contribution in [0.15, 0.2) is 17.4 Å². The number of thiophene rings is 1. The molecule has 8 heavy (non-hydrogen) atoms. The van der Waals surface area contributed by atoms with Gasteiger partial charge in [0.2, 0.25) is 0 Å². The molecular weight excluding hydrogens is 120 g/mol. The lowest BCUT2D eigenvalue weighted by molar-refractivity contribution is 0.102. The summed E-state index contributed by atoms with van der Waals surface area (Å²) < 4.78 is 21.5. The van der Waals surface area contributed by atoms with Crippen LogP contribution in [0, 0.1) is 0 Å². The number of Topliss-reactive ketones (excluding diaryl/α,β-unsaturated/α-hetero) is 1. The van der Waals surface area contributed by atoms with Crippen molar-refractivity contribution in [2.45, 2.75) is 6.92 Å². The molecule has 0 aromatic carbocycles. The van der Waals surface area contributed by atoms with Crippen LogP contribution in [0.3, 0.4) is 0 Å². The SMILES string of the molecule is [2H]c1sc(C(C)=O)c([2H])c1[2H]. The molecule has 0 unspecified atom stereocenters. The third kappa shape index (κ3) is 0.954. The lowest BCUT2D eigenvalue weighted by Gasteiger charge is -1.79. The van der Waals surface area contributed by atoms with Crippen LogP contribution in [0.25, 0.3) is 0 Å². The number of ketones is 1. The Labute approximate surface area is 56.2 Å². The Morgan fingerprint density at radius 2 is 2.75 bits per heavy atom. The van der Waals surface area contributed by atoms with Crippen molar-refractivity contribution < 1.29 is 8.91 Å². The Balaban J connectivity index is 3.29. The van der Waals surface area contributed by atoms with Crippen molar-refractivity contribution in [2.75, 3.05) is 0 Å². The summed E-state index contributed by atoms with van der Waals surface area (Å²) in [4.78, 5) is 11.0. The summed E-state index contributed by atoms with van der Waals surface area (Å²) in [7, 11) is 0. The van der Waals surface area contributed by atoms with E-state index in [1.165, 1.54) is 6.92 Å². The normalized spacial score (nSPS) is 14.4. The lowest BCUT2D eigenvalue weighted by Crippen LogP contribution is -1.83. The number of carbonyl (C=O) groups excluding carboxylic acids is 1. The van der Waals surface area contributed by atoms with E-state index in [0.717, 1.165) is 11.3 Å². The largest absolute Gasteiger partial charge is 0.294 e. The minimum atomic E-state index is -0.244. The van der Waals surface area contributed by atoms with Crippen molar-refractivity contribution >= 4 is 17.1 Å². The monoisotopic (exact) mass is 129 g/mol. The molecule has 0 aliphatic carbocycles. The summed E-state index contributed by atoms with van der Waals surface area (Å²) in [5.41, 5.74) is 0. The molecule has 1 rings (SSSR count). The van der Waals surface area contributed by atoms with Crippen LogP contribution in [0.5, 0.6) is 0 Å². The second-order valence-corrected chi connectivity index (χ2v) is 2.16. The van der Waals surface area contributed by atoms with E-state index in [1.807, 2.05) is 0 Å². The molecule has 0 amide bonds. The summed E-state index contributed by atoms with van der Waals surface area (Å²) in [5, 5.41) is -0.0137. The molecule has 2 heteroatoms. The van der Waals surface area contributed by atoms with Crippen molar-refractivity contribution in [1.29, 1.82) is 0 Å². The molecule has 42 valence electrons. The van der Waals surface area contributed by atoms with E-state index in [0.29, 0.717) is 0 Å². The lowest BCUT2D eigenvalue weighted by atomic mass is 10.4. The van der Waals surface area contributed by atoms with Gasteiger partial charge in [0.1, 0.15) is 0 Å². The highest BCUT2D eigenvalue weighted by Gasteiger charge is 1.95.